The van der Waals surface area contributed by atoms with Crippen LogP contribution >= 0.6 is 11.6 Å². The van der Waals surface area contributed by atoms with Crippen LogP contribution in [-0.4, -0.2) is 34.8 Å². The van der Waals surface area contributed by atoms with Gasteiger partial charge in [-0.3, -0.25) is 14.5 Å². The molecule has 1 aliphatic carbocycles. The Hall–Kier alpha value is -2.15. The number of nitrogens with one attached hydrogen (secondary N) is 2. The van der Waals surface area contributed by atoms with E-state index in [4.69, 9.17) is 11.6 Å². The third-order valence-electron chi connectivity index (χ3n) is 4.20. The fourth-order valence-corrected chi connectivity index (χ4v) is 2.88. The van der Waals surface area contributed by atoms with Crippen LogP contribution in [-0.2, 0) is 9.59 Å². The van der Waals surface area contributed by atoms with E-state index in [1.54, 1.807) is 6.92 Å². The highest BCUT2D eigenvalue weighted by Gasteiger charge is 2.56. The summed E-state index contributed by atoms with van der Waals surface area (Å²) in [6, 6.07) is 3.21. The van der Waals surface area contributed by atoms with Gasteiger partial charge in [0.05, 0.1) is 5.69 Å². The molecule has 1 aliphatic heterocycles. The molecular formula is C15H15ClFN3O3. The second-order valence-corrected chi connectivity index (χ2v) is 6.41. The number of nitrogens with zero attached hydrogens (tertiary/aromatic N) is 1. The SMILES string of the molecule is C[C@@]1(C2CC2)NC(=O)N(CC(=O)Nc2ccc(Cl)cc2F)C1=O. The van der Waals surface area contributed by atoms with Crippen molar-refractivity contribution < 1.29 is 18.8 Å². The van der Waals surface area contributed by atoms with Crippen molar-refractivity contribution in [1.29, 1.82) is 0 Å². The average Bonchev–Trinajstić information content (AvgIpc) is 3.28. The van der Waals surface area contributed by atoms with Crippen molar-refractivity contribution in [2.45, 2.75) is 25.3 Å². The monoisotopic (exact) mass is 339 g/mol. The number of benzene rings is 1. The molecule has 0 radical (unpaired) electrons. The molecule has 1 atom stereocenters. The number of carbonyl (C=O) groups excluding carboxylic acids is 3. The Morgan fingerprint density at radius 3 is 2.78 bits per heavy atom. The molecular weight excluding hydrogens is 325 g/mol. The number of imide groups is 1. The Kier molecular flexibility index (Phi) is 3.75. The lowest BCUT2D eigenvalue weighted by atomic mass is 9.96. The highest BCUT2D eigenvalue weighted by atomic mass is 35.5. The Morgan fingerprint density at radius 2 is 2.17 bits per heavy atom. The quantitative estimate of drug-likeness (QED) is 0.825. The maximum Gasteiger partial charge on any atom is 0.325 e. The van der Waals surface area contributed by atoms with Gasteiger partial charge >= 0.3 is 6.03 Å². The summed E-state index contributed by atoms with van der Waals surface area (Å²) in [5.74, 6) is -1.65. The molecule has 1 aromatic carbocycles. The minimum Gasteiger partial charge on any atom is -0.323 e. The van der Waals surface area contributed by atoms with Gasteiger partial charge in [-0.05, 0) is 43.9 Å². The second-order valence-electron chi connectivity index (χ2n) is 5.97. The lowest BCUT2D eigenvalue weighted by Gasteiger charge is -2.20. The van der Waals surface area contributed by atoms with Crippen molar-refractivity contribution in [3.05, 3.63) is 29.0 Å². The van der Waals surface area contributed by atoms with Crippen LogP contribution in [0.5, 0.6) is 0 Å². The highest BCUT2D eigenvalue weighted by molar-refractivity contribution is 6.30. The number of urea groups is 1. The zero-order valence-electron chi connectivity index (χ0n) is 12.4. The Labute approximate surface area is 137 Å². The van der Waals surface area contributed by atoms with Gasteiger partial charge in [-0.1, -0.05) is 11.6 Å². The number of amides is 4. The van der Waals surface area contributed by atoms with E-state index in [9.17, 15) is 18.8 Å². The van der Waals surface area contributed by atoms with Gasteiger partial charge in [-0.25, -0.2) is 9.18 Å². The highest BCUT2D eigenvalue weighted by Crippen LogP contribution is 2.42. The van der Waals surface area contributed by atoms with Gasteiger partial charge in [0.15, 0.2) is 0 Å². The normalized spacial score (nSPS) is 23.9. The second kappa shape index (κ2) is 5.49. The summed E-state index contributed by atoms with van der Waals surface area (Å²) in [6.07, 6.45) is 1.75. The first-order valence-electron chi connectivity index (χ1n) is 7.20. The molecule has 1 saturated carbocycles. The predicted molar refractivity (Wildman–Crippen MR) is 81.4 cm³/mol. The molecule has 1 heterocycles. The van der Waals surface area contributed by atoms with E-state index in [0.717, 1.165) is 23.8 Å². The van der Waals surface area contributed by atoms with Crippen LogP contribution in [0.25, 0.3) is 0 Å². The van der Waals surface area contributed by atoms with E-state index in [-0.39, 0.29) is 16.6 Å². The molecule has 0 bridgehead atoms. The van der Waals surface area contributed by atoms with Gasteiger partial charge in [0, 0.05) is 5.02 Å². The predicted octanol–water partition coefficient (Wildman–Crippen LogP) is 2.14. The molecule has 0 aromatic heterocycles. The van der Waals surface area contributed by atoms with E-state index >= 15 is 0 Å². The van der Waals surface area contributed by atoms with Gasteiger partial charge in [0.1, 0.15) is 17.9 Å². The fourth-order valence-electron chi connectivity index (χ4n) is 2.72. The van der Waals surface area contributed by atoms with Crippen molar-refractivity contribution in [2.24, 2.45) is 5.92 Å². The van der Waals surface area contributed by atoms with Crippen LogP contribution in [0.15, 0.2) is 18.2 Å². The lowest BCUT2D eigenvalue weighted by molar-refractivity contribution is -0.134. The summed E-state index contributed by atoms with van der Waals surface area (Å²) < 4.78 is 13.7. The number of rotatable bonds is 4. The van der Waals surface area contributed by atoms with Crippen LogP contribution in [0.2, 0.25) is 5.02 Å². The van der Waals surface area contributed by atoms with Gasteiger partial charge in [0.2, 0.25) is 5.91 Å². The van der Waals surface area contributed by atoms with E-state index in [1.165, 1.54) is 12.1 Å². The Balaban J connectivity index is 1.68. The first kappa shape index (κ1) is 15.7. The first-order valence-corrected chi connectivity index (χ1v) is 7.58. The van der Waals surface area contributed by atoms with Crippen molar-refractivity contribution in [2.75, 3.05) is 11.9 Å². The number of hydrogen-bond acceptors (Lipinski definition) is 3. The zero-order valence-corrected chi connectivity index (χ0v) is 13.1. The van der Waals surface area contributed by atoms with Crippen LogP contribution < -0.4 is 10.6 Å². The van der Waals surface area contributed by atoms with Crippen molar-refractivity contribution in [3.8, 4) is 0 Å². The van der Waals surface area contributed by atoms with Crippen LogP contribution in [0.3, 0.4) is 0 Å². The minimum atomic E-state index is -0.942. The summed E-state index contributed by atoms with van der Waals surface area (Å²) in [5.41, 5.74) is -1.00. The molecule has 122 valence electrons. The number of halogens is 2. The molecule has 2 N–H and O–H groups in total. The summed E-state index contributed by atoms with van der Waals surface area (Å²) >= 11 is 5.64. The third kappa shape index (κ3) is 2.88. The van der Waals surface area contributed by atoms with Crippen LogP contribution in [0.4, 0.5) is 14.9 Å². The van der Waals surface area contributed by atoms with E-state index in [0.29, 0.717) is 0 Å². The minimum absolute atomic E-state index is 0.0589. The van der Waals surface area contributed by atoms with Crippen molar-refractivity contribution >= 4 is 35.1 Å². The van der Waals surface area contributed by atoms with Gasteiger partial charge < -0.3 is 10.6 Å². The van der Waals surface area contributed by atoms with Crippen LogP contribution in [0, 0.1) is 11.7 Å². The van der Waals surface area contributed by atoms with Crippen molar-refractivity contribution in [3.63, 3.8) is 0 Å². The Bertz CT molecular complexity index is 707. The van der Waals surface area contributed by atoms with E-state index < -0.39 is 35.7 Å². The van der Waals surface area contributed by atoms with Gasteiger partial charge in [-0.2, -0.15) is 0 Å². The van der Waals surface area contributed by atoms with Gasteiger partial charge in [0.25, 0.3) is 5.91 Å². The molecule has 6 nitrogen and oxygen atoms in total. The molecule has 3 rings (SSSR count). The smallest absolute Gasteiger partial charge is 0.323 e. The maximum atomic E-state index is 13.7. The van der Waals surface area contributed by atoms with Gasteiger partial charge in [-0.15, -0.1) is 0 Å². The van der Waals surface area contributed by atoms with E-state index in [1.807, 2.05) is 0 Å². The number of anilines is 1. The number of carbonyl (C=O) groups is 3. The topological polar surface area (TPSA) is 78.5 Å². The molecule has 8 heteroatoms. The summed E-state index contributed by atoms with van der Waals surface area (Å²) in [6.45, 7) is 1.21. The molecule has 1 saturated heterocycles. The van der Waals surface area contributed by atoms with Crippen LogP contribution in [0.1, 0.15) is 19.8 Å². The zero-order chi connectivity index (χ0) is 16.8. The first-order chi connectivity index (χ1) is 10.8. The maximum absolute atomic E-state index is 13.7. The molecule has 2 aliphatic rings. The molecule has 2 fully saturated rings. The summed E-state index contributed by atoms with van der Waals surface area (Å²) in [5, 5.41) is 5.18. The molecule has 1 aromatic rings. The van der Waals surface area contributed by atoms with Crippen molar-refractivity contribution in [1.82, 2.24) is 10.2 Å². The molecule has 23 heavy (non-hydrogen) atoms. The third-order valence-corrected chi connectivity index (χ3v) is 4.44. The molecule has 0 unspecified atom stereocenters. The van der Waals surface area contributed by atoms with E-state index in [2.05, 4.69) is 10.6 Å². The molecule has 4 amide bonds. The largest absolute Gasteiger partial charge is 0.325 e. The fraction of sp³-hybridized carbons (Fsp3) is 0.400. The summed E-state index contributed by atoms with van der Waals surface area (Å²) in [4.78, 5) is 37.2. The lowest BCUT2D eigenvalue weighted by Crippen LogP contribution is -2.46. The summed E-state index contributed by atoms with van der Waals surface area (Å²) in [7, 11) is 0. The molecule has 0 spiro atoms. The Morgan fingerprint density at radius 1 is 1.48 bits per heavy atom. The standard InChI is InChI=1S/C15H15ClFN3O3/c1-15(8-2-3-8)13(22)20(14(23)19-15)7-12(21)18-11-5-4-9(16)6-10(11)17/h4-6,8H,2-3,7H2,1H3,(H,18,21)(H,19,23)/t15-/m0/s1. The number of hydrogen-bond donors (Lipinski definition) is 2. The average molecular weight is 340 g/mol.